The molecule has 1 unspecified atom stereocenters. The Balaban J connectivity index is 1.77. The standard InChI is InChI=1S/C11H16N4O3/c16-10(6-15-8-12-7-13-15)14-4-3-9(5-14)1-2-11(17)18/h7-9H,1-6H2,(H,17,18). The Hall–Kier alpha value is -1.92. The number of amides is 1. The highest BCUT2D eigenvalue weighted by molar-refractivity contribution is 5.76. The van der Waals surface area contributed by atoms with Gasteiger partial charge in [-0.1, -0.05) is 0 Å². The van der Waals surface area contributed by atoms with E-state index < -0.39 is 5.97 Å². The van der Waals surface area contributed by atoms with Crippen molar-refractivity contribution < 1.29 is 14.7 Å². The lowest BCUT2D eigenvalue weighted by molar-refractivity contribution is -0.137. The predicted molar refractivity (Wildman–Crippen MR) is 61.6 cm³/mol. The summed E-state index contributed by atoms with van der Waals surface area (Å²) < 4.78 is 1.49. The molecule has 0 radical (unpaired) electrons. The van der Waals surface area contributed by atoms with E-state index in [1.807, 2.05) is 0 Å². The van der Waals surface area contributed by atoms with Gasteiger partial charge < -0.3 is 10.0 Å². The fourth-order valence-corrected chi connectivity index (χ4v) is 2.18. The highest BCUT2D eigenvalue weighted by Gasteiger charge is 2.26. The maximum Gasteiger partial charge on any atom is 0.303 e. The number of nitrogens with zero attached hydrogens (tertiary/aromatic N) is 4. The first kappa shape index (κ1) is 12.5. The Bertz CT molecular complexity index is 418. The van der Waals surface area contributed by atoms with Crippen LogP contribution >= 0.6 is 0 Å². The van der Waals surface area contributed by atoms with Gasteiger partial charge in [0, 0.05) is 19.5 Å². The third kappa shape index (κ3) is 3.28. The number of hydrogen-bond acceptors (Lipinski definition) is 4. The van der Waals surface area contributed by atoms with Crippen molar-refractivity contribution in [1.82, 2.24) is 19.7 Å². The molecule has 0 bridgehead atoms. The summed E-state index contributed by atoms with van der Waals surface area (Å²) in [4.78, 5) is 28.0. The van der Waals surface area contributed by atoms with E-state index in [1.165, 1.54) is 17.3 Å². The maximum absolute atomic E-state index is 11.9. The molecular weight excluding hydrogens is 236 g/mol. The van der Waals surface area contributed by atoms with Gasteiger partial charge in [-0.3, -0.25) is 9.59 Å². The molecule has 2 rings (SSSR count). The molecule has 7 nitrogen and oxygen atoms in total. The predicted octanol–water partition coefficient (Wildman–Crippen LogP) is -0.00860. The van der Waals surface area contributed by atoms with Gasteiger partial charge in [0.05, 0.1) is 0 Å². The monoisotopic (exact) mass is 252 g/mol. The molecule has 1 amide bonds. The molecule has 1 aliphatic rings. The van der Waals surface area contributed by atoms with Crippen LogP contribution < -0.4 is 0 Å². The van der Waals surface area contributed by atoms with Gasteiger partial charge in [0.2, 0.25) is 5.91 Å². The molecule has 0 aliphatic carbocycles. The van der Waals surface area contributed by atoms with E-state index >= 15 is 0 Å². The summed E-state index contributed by atoms with van der Waals surface area (Å²) in [5.74, 6) is -0.457. The average molecular weight is 252 g/mol. The SMILES string of the molecule is O=C(O)CCC1CCN(C(=O)Cn2cncn2)C1. The molecule has 7 heteroatoms. The minimum Gasteiger partial charge on any atom is -0.481 e. The van der Waals surface area contributed by atoms with Crippen molar-refractivity contribution in [1.29, 1.82) is 0 Å². The van der Waals surface area contributed by atoms with Crippen LogP contribution in [-0.2, 0) is 16.1 Å². The first-order valence-electron chi connectivity index (χ1n) is 5.97. The number of aliphatic carboxylic acids is 1. The van der Waals surface area contributed by atoms with Crippen molar-refractivity contribution in [2.24, 2.45) is 5.92 Å². The normalized spacial score (nSPS) is 19.1. The van der Waals surface area contributed by atoms with E-state index in [-0.39, 0.29) is 18.9 Å². The van der Waals surface area contributed by atoms with Crippen molar-refractivity contribution >= 4 is 11.9 Å². The van der Waals surface area contributed by atoms with Gasteiger partial charge in [0.15, 0.2) is 0 Å². The number of aromatic nitrogens is 3. The molecule has 1 saturated heterocycles. The summed E-state index contributed by atoms with van der Waals surface area (Å²) in [5.41, 5.74) is 0. The van der Waals surface area contributed by atoms with Gasteiger partial charge in [0.1, 0.15) is 19.2 Å². The minimum absolute atomic E-state index is 0.0123. The van der Waals surface area contributed by atoms with E-state index in [4.69, 9.17) is 5.11 Å². The lowest BCUT2D eigenvalue weighted by Crippen LogP contribution is -2.32. The largest absolute Gasteiger partial charge is 0.481 e. The van der Waals surface area contributed by atoms with Gasteiger partial charge >= 0.3 is 5.97 Å². The molecule has 18 heavy (non-hydrogen) atoms. The second-order valence-corrected chi connectivity index (χ2v) is 4.52. The number of rotatable bonds is 5. The summed E-state index contributed by atoms with van der Waals surface area (Å²) in [5, 5.41) is 12.5. The summed E-state index contributed by atoms with van der Waals surface area (Å²) in [7, 11) is 0. The second kappa shape index (κ2) is 5.61. The van der Waals surface area contributed by atoms with Gasteiger partial charge in [-0.25, -0.2) is 9.67 Å². The summed E-state index contributed by atoms with van der Waals surface area (Å²) in [6, 6.07) is 0. The smallest absolute Gasteiger partial charge is 0.303 e. The Morgan fingerprint density at radius 1 is 1.44 bits per heavy atom. The number of carbonyl (C=O) groups excluding carboxylic acids is 1. The molecule has 1 aromatic rings. The van der Waals surface area contributed by atoms with Gasteiger partial charge in [-0.15, -0.1) is 0 Å². The zero-order valence-electron chi connectivity index (χ0n) is 10.0. The van der Waals surface area contributed by atoms with Crippen LogP contribution in [0.5, 0.6) is 0 Å². The van der Waals surface area contributed by atoms with Crippen molar-refractivity contribution in [2.45, 2.75) is 25.8 Å². The molecule has 0 aromatic carbocycles. The molecule has 1 fully saturated rings. The number of hydrogen-bond donors (Lipinski definition) is 1. The fraction of sp³-hybridized carbons (Fsp3) is 0.636. The number of carbonyl (C=O) groups is 2. The molecular formula is C11H16N4O3. The van der Waals surface area contributed by atoms with E-state index in [0.717, 1.165) is 6.42 Å². The highest BCUT2D eigenvalue weighted by Crippen LogP contribution is 2.21. The zero-order chi connectivity index (χ0) is 13.0. The number of carboxylic acid groups (broad SMARTS) is 1. The summed E-state index contributed by atoms with van der Waals surface area (Å²) in [6.45, 7) is 1.56. The van der Waals surface area contributed by atoms with Crippen molar-refractivity contribution in [3.05, 3.63) is 12.7 Å². The Morgan fingerprint density at radius 2 is 2.28 bits per heavy atom. The van der Waals surface area contributed by atoms with E-state index in [9.17, 15) is 9.59 Å². The highest BCUT2D eigenvalue weighted by atomic mass is 16.4. The van der Waals surface area contributed by atoms with Crippen LogP contribution in [-0.4, -0.2) is 49.7 Å². The van der Waals surface area contributed by atoms with Gasteiger partial charge in [-0.2, -0.15) is 5.10 Å². The third-order valence-electron chi connectivity index (χ3n) is 3.17. The Morgan fingerprint density at radius 3 is 2.94 bits per heavy atom. The maximum atomic E-state index is 11.9. The summed E-state index contributed by atoms with van der Waals surface area (Å²) in [6.07, 6.45) is 4.61. The van der Waals surface area contributed by atoms with Gasteiger partial charge in [-0.05, 0) is 18.8 Å². The van der Waals surface area contributed by atoms with Gasteiger partial charge in [0.25, 0.3) is 0 Å². The molecule has 1 atom stereocenters. The van der Waals surface area contributed by atoms with Crippen molar-refractivity contribution in [2.75, 3.05) is 13.1 Å². The van der Waals surface area contributed by atoms with Crippen LogP contribution in [0.15, 0.2) is 12.7 Å². The molecule has 0 saturated carbocycles. The lowest BCUT2D eigenvalue weighted by atomic mass is 10.0. The van der Waals surface area contributed by atoms with Crippen LogP contribution in [0.25, 0.3) is 0 Å². The van der Waals surface area contributed by atoms with Crippen LogP contribution in [0, 0.1) is 5.92 Å². The van der Waals surface area contributed by atoms with E-state index in [0.29, 0.717) is 25.4 Å². The van der Waals surface area contributed by atoms with Crippen molar-refractivity contribution in [3.63, 3.8) is 0 Å². The third-order valence-corrected chi connectivity index (χ3v) is 3.17. The first-order chi connectivity index (χ1) is 8.65. The second-order valence-electron chi connectivity index (χ2n) is 4.52. The molecule has 2 heterocycles. The zero-order valence-corrected chi connectivity index (χ0v) is 10.0. The summed E-state index contributed by atoms with van der Waals surface area (Å²) >= 11 is 0. The number of likely N-dealkylation sites (tertiary alicyclic amines) is 1. The van der Waals surface area contributed by atoms with E-state index in [2.05, 4.69) is 10.1 Å². The van der Waals surface area contributed by atoms with Crippen LogP contribution in [0.2, 0.25) is 0 Å². The molecule has 0 spiro atoms. The van der Waals surface area contributed by atoms with E-state index in [1.54, 1.807) is 4.90 Å². The quantitative estimate of drug-likeness (QED) is 0.796. The van der Waals surface area contributed by atoms with Crippen molar-refractivity contribution in [3.8, 4) is 0 Å². The van der Waals surface area contributed by atoms with Crippen LogP contribution in [0.4, 0.5) is 0 Å². The minimum atomic E-state index is -0.776. The average Bonchev–Trinajstić information content (AvgIpc) is 2.96. The number of carboxylic acids is 1. The molecule has 1 aromatic heterocycles. The fourth-order valence-electron chi connectivity index (χ4n) is 2.18. The molecule has 1 N–H and O–H groups in total. The Labute approximate surface area is 104 Å². The lowest BCUT2D eigenvalue weighted by Gasteiger charge is -2.16. The van der Waals surface area contributed by atoms with Crippen LogP contribution in [0.1, 0.15) is 19.3 Å². The van der Waals surface area contributed by atoms with Crippen LogP contribution in [0.3, 0.4) is 0 Å². The molecule has 98 valence electrons. The molecule has 1 aliphatic heterocycles. The first-order valence-corrected chi connectivity index (χ1v) is 5.97. The Kier molecular flexibility index (Phi) is 3.91. The topological polar surface area (TPSA) is 88.3 Å².